The molecule has 0 amide bonds. The number of esters is 1. The summed E-state index contributed by atoms with van der Waals surface area (Å²) in [5, 5.41) is 27.1. The first kappa shape index (κ1) is 33.0. The van der Waals surface area contributed by atoms with Crippen LogP contribution in [0, 0.1) is 0 Å². The Morgan fingerprint density at radius 1 is 0.606 bits per heavy atom. The molecule has 0 unspecified atom stereocenters. The molecule has 0 saturated heterocycles. The zero-order valence-electron chi connectivity index (χ0n) is 20.3. The van der Waals surface area contributed by atoms with Gasteiger partial charge in [0.2, 0.25) is 5.60 Å². The van der Waals surface area contributed by atoms with Gasteiger partial charge in [0.15, 0.2) is 0 Å². The van der Waals surface area contributed by atoms with Crippen molar-refractivity contribution in [2.24, 2.45) is 0 Å². The predicted molar refractivity (Wildman–Crippen MR) is 126 cm³/mol. The minimum absolute atomic E-state index is 0. The Balaban J connectivity index is 0. The van der Waals surface area contributed by atoms with Gasteiger partial charge < -0.3 is 26.2 Å². The molecular weight excluding hydrogens is 430 g/mol. The van der Waals surface area contributed by atoms with Crippen molar-refractivity contribution >= 4 is 23.9 Å². The fourth-order valence-corrected chi connectivity index (χ4v) is 3.73. The number of hydrogen-bond donors (Lipinski definition) is 4. The molecule has 9 heteroatoms. The van der Waals surface area contributed by atoms with Crippen LogP contribution in [0.25, 0.3) is 0 Å². The molecule has 0 spiro atoms. The van der Waals surface area contributed by atoms with Crippen LogP contribution in [0.3, 0.4) is 0 Å². The zero-order valence-corrected chi connectivity index (χ0v) is 20.3. The van der Waals surface area contributed by atoms with Crippen LogP contribution in [-0.4, -0.2) is 44.8 Å². The van der Waals surface area contributed by atoms with Crippen molar-refractivity contribution in [1.82, 2.24) is 6.15 Å². The normalized spacial score (nSPS) is 10.9. The maximum Gasteiger partial charge on any atom is 0.349 e. The fraction of sp³-hybridized carbons (Fsp3) is 0.833. The Kier molecular flexibility index (Phi) is 20.5. The quantitative estimate of drug-likeness (QED) is 0.113. The first-order valence-electron chi connectivity index (χ1n) is 12.1. The predicted octanol–water partition coefficient (Wildman–Crippen LogP) is 5.73. The van der Waals surface area contributed by atoms with Gasteiger partial charge >= 0.3 is 23.9 Å². The third-order valence-corrected chi connectivity index (χ3v) is 5.56. The van der Waals surface area contributed by atoms with Crippen molar-refractivity contribution in [1.29, 1.82) is 0 Å². The van der Waals surface area contributed by atoms with Crippen molar-refractivity contribution in [3.63, 3.8) is 0 Å². The molecule has 0 aliphatic heterocycles. The van der Waals surface area contributed by atoms with Crippen molar-refractivity contribution < 1.29 is 39.2 Å². The Morgan fingerprint density at radius 2 is 0.939 bits per heavy atom. The lowest BCUT2D eigenvalue weighted by atomic mass is 9.95. The molecule has 0 radical (unpaired) electrons. The van der Waals surface area contributed by atoms with Gasteiger partial charge in [0.1, 0.15) is 0 Å². The van der Waals surface area contributed by atoms with Gasteiger partial charge in [-0.1, -0.05) is 96.8 Å². The summed E-state index contributed by atoms with van der Waals surface area (Å²) in [6.45, 7) is 2.23. The van der Waals surface area contributed by atoms with Crippen molar-refractivity contribution in [3.05, 3.63) is 0 Å². The van der Waals surface area contributed by atoms with E-state index in [-0.39, 0.29) is 12.6 Å². The van der Waals surface area contributed by atoms with Gasteiger partial charge in [0.05, 0.1) is 12.8 Å². The van der Waals surface area contributed by atoms with Gasteiger partial charge in [-0.15, -0.1) is 0 Å². The molecular formula is C24H45NO8. The first-order valence-corrected chi connectivity index (χ1v) is 12.1. The Bertz CT molecular complexity index is 549. The van der Waals surface area contributed by atoms with Gasteiger partial charge in [-0.25, -0.2) is 4.79 Å². The minimum Gasteiger partial charge on any atom is -0.481 e. The summed E-state index contributed by atoms with van der Waals surface area (Å²) in [6, 6.07) is 0. The number of unbranched alkanes of at least 4 members (excludes halogenated alkanes) is 14. The van der Waals surface area contributed by atoms with Gasteiger partial charge in [0.25, 0.3) is 0 Å². The highest BCUT2D eigenvalue weighted by Crippen LogP contribution is 2.24. The Labute approximate surface area is 197 Å². The third-order valence-electron chi connectivity index (χ3n) is 5.56. The largest absolute Gasteiger partial charge is 0.481 e. The highest BCUT2D eigenvalue weighted by atomic mass is 16.6. The maximum atomic E-state index is 12.0. The van der Waals surface area contributed by atoms with E-state index in [0.29, 0.717) is 6.42 Å². The molecule has 0 fully saturated rings. The molecule has 9 nitrogen and oxygen atoms in total. The molecule has 0 aliphatic carbocycles. The number of carboxylic acids is 3. The standard InChI is InChI=1S/C24H42O8.H3N/c1-2-3-4-5-6-7-8-9-10-11-12-13-14-15-16-17-22(29)32-24(23(30)31,18-20(25)26)19-21(27)28;/h2-19H2,1H3,(H,25,26)(H,27,28)(H,30,31);1H3. The van der Waals surface area contributed by atoms with Crippen LogP contribution in [0.15, 0.2) is 0 Å². The van der Waals surface area contributed by atoms with Gasteiger partial charge in [-0.05, 0) is 6.42 Å². The molecule has 0 bridgehead atoms. The maximum absolute atomic E-state index is 12.0. The second-order valence-electron chi connectivity index (χ2n) is 8.61. The van der Waals surface area contributed by atoms with Gasteiger partial charge in [-0.2, -0.15) is 0 Å². The lowest BCUT2D eigenvalue weighted by Crippen LogP contribution is -2.47. The van der Waals surface area contributed by atoms with Crippen molar-refractivity contribution in [3.8, 4) is 0 Å². The molecule has 0 atom stereocenters. The van der Waals surface area contributed by atoms with E-state index in [4.69, 9.17) is 14.9 Å². The van der Waals surface area contributed by atoms with Crippen LogP contribution in [0.1, 0.15) is 122 Å². The van der Waals surface area contributed by atoms with E-state index in [1.165, 1.54) is 64.2 Å². The summed E-state index contributed by atoms with van der Waals surface area (Å²) < 4.78 is 4.84. The van der Waals surface area contributed by atoms with E-state index in [9.17, 15) is 24.3 Å². The van der Waals surface area contributed by atoms with Crippen molar-refractivity contribution in [2.75, 3.05) is 0 Å². The molecule has 33 heavy (non-hydrogen) atoms. The number of carbonyl (C=O) groups excluding carboxylic acids is 1. The molecule has 0 heterocycles. The van der Waals surface area contributed by atoms with E-state index < -0.39 is 42.3 Å². The molecule has 6 N–H and O–H groups in total. The number of rotatable bonds is 22. The second kappa shape index (κ2) is 20.4. The van der Waals surface area contributed by atoms with Crippen molar-refractivity contribution in [2.45, 2.75) is 128 Å². The molecule has 194 valence electrons. The number of ether oxygens (including phenoxy) is 1. The van der Waals surface area contributed by atoms with Crippen LogP contribution >= 0.6 is 0 Å². The average molecular weight is 476 g/mol. The zero-order chi connectivity index (χ0) is 24.2. The van der Waals surface area contributed by atoms with Crippen LogP contribution in [0.4, 0.5) is 0 Å². The van der Waals surface area contributed by atoms with E-state index in [1.807, 2.05) is 0 Å². The van der Waals surface area contributed by atoms with Gasteiger partial charge in [0, 0.05) is 6.42 Å². The van der Waals surface area contributed by atoms with Crippen LogP contribution in [-0.2, 0) is 23.9 Å². The summed E-state index contributed by atoms with van der Waals surface area (Å²) >= 11 is 0. The summed E-state index contributed by atoms with van der Waals surface area (Å²) in [6.07, 6.45) is 15.3. The first-order chi connectivity index (χ1) is 15.2. The Hall–Kier alpha value is -2.16. The molecule has 0 aromatic carbocycles. The molecule has 0 aliphatic rings. The third kappa shape index (κ3) is 18.0. The molecule has 0 aromatic heterocycles. The number of carboxylic acid groups (broad SMARTS) is 3. The van der Waals surface area contributed by atoms with E-state index in [2.05, 4.69) is 6.92 Å². The molecule has 0 rings (SSSR count). The number of aliphatic carboxylic acids is 3. The van der Waals surface area contributed by atoms with E-state index in [0.717, 1.165) is 25.7 Å². The van der Waals surface area contributed by atoms with E-state index >= 15 is 0 Å². The molecule has 0 aromatic rings. The molecule has 0 saturated carbocycles. The van der Waals surface area contributed by atoms with Crippen LogP contribution < -0.4 is 6.15 Å². The lowest BCUT2D eigenvalue weighted by Gasteiger charge is -2.26. The summed E-state index contributed by atoms with van der Waals surface area (Å²) in [7, 11) is 0. The number of carbonyl (C=O) groups is 4. The smallest absolute Gasteiger partial charge is 0.349 e. The summed E-state index contributed by atoms with van der Waals surface area (Å²) in [4.78, 5) is 45.3. The Morgan fingerprint density at radius 3 is 1.24 bits per heavy atom. The average Bonchev–Trinajstić information content (AvgIpc) is 2.69. The van der Waals surface area contributed by atoms with Crippen LogP contribution in [0.2, 0.25) is 0 Å². The highest BCUT2D eigenvalue weighted by molar-refractivity contribution is 5.90. The minimum atomic E-state index is -2.58. The van der Waals surface area contributed by atoms with Crippen LogP contribution in [0.5, 0.6) is 0 Å². The summed E-state index contributed by atoms with van der Waals surface area (Å²) in [5.74, 6) is -5.75. The van der Waals surface area contributed by atoms with E-state index in [1.54, 1.807) is 0 Å². The second-order valence-corrected chi connectivity index (χ2v) is 8.61. The monoisotopic (exact) mass is 475 g/mol. The lowest BCUT2D eigenvalue weighted by molar-refractivity contribution is -0.186. The number of hydrogen-bond acceptors (Lipinski definition) is 6. The summed E-state index contributed by atoms with van der Waals surface area (Å²) in [5.41, 5.74) is -2.58. The highest BCUT2D eigenvalue weighted by Gasteiger charge is 2.47. The van der Waals surface area contributed by atoms with Gasteiger partial charge in [-0.3, -0.25) is 14.4 Å². The fourth-order valence-electron chi connectivity index (χ4n) is 3.73. The SMILES string of the molecule is CCCCCCCCCCCCCCCCCC(=O)OC(CC(=O)O)(CC(=O)O)C(=O)O.N. The topological polar surface area (TPSA) is 173 Å².